The number of hydrogen-bond acceptors (Lipinski definition) is 3. The zero-order chi connectivity index (χ0) is 12.0. The average Bonchev–Trinajstić information content (AvgIpc) is 2.04. The molecule has 0 amide bonds. The summed E-state index contributed by atoms with van der Waals surface area (Å²) in [6.07, 6.45) is 2.51. The first kappa shape index (κ1) is 24.1. The minimum atomic E-state index is -1.31. The third-order valence-corrected chi connectivity index (χ3v) is 0.711. The van der Waals surface area contributed by atoms with E-state index >= 15 is 0 Å². The quantitative estimate of drug-likeness (QED) is 0.379. The Kier molecular flexibility index (Phi) is 37.7. The Morgan fingerprint density at radius 2 is 1.33 bits per heavy atom. The van der Waals surface area contributed by atoms with Gasteiger partial charge in [-0.15, -0.1) is 0 Å². The number of carboxylic acids is 2. The van der Waals surface area contributed by atoms with Crippen LogP contribution in [0.2, 0.25) is 0 Å². The second-order valence-electron chi connectivity index (χ2n) is 2.10. The van der Waals surface area contributed by atoms with Crippen LogP contribution in [0, 0.1) is 6.42 Å². The molecule has 0 aliphatic rings. The number of aliphatic carboxylic acids is 2. The number of carbonyl (C=O) groups is 2. The molecule has 0 atom stereocenters. The van der Waals surface area contributed by atoms with Gasteiger partial charge in [-0.1, -0.05) is 6.92 Å². The minimum absolute atomic E-state index is 0. The van der Waals surface area contributed by atoms with E-state index in [9.17, 15) is 9.59 Å². The summed E-state index contributed by atoms with van der Waals surface area (Å²) in [6, 6.07) is 0. The average molecular weight is 232 g/mol. The van der Waals surface area contributed by atoms with Gasteiger partial charge in [0.25, 0.3) is 0 Å². The van der Waals surface area contributed by atoms with Gasteiger partial charge >= 0.3 is 35.0 Å². The largest absolute Gasteiger partial charge is 2.00 e. The topological polar surface area (TPSA) is 94.8 Å². The predicted octanol–water partition coefficient (Wildman–Crippen LogP) is 0.784. The Morgan fingerprint density at radius 1 is 1.13 bits per heavy atom. The summed E-state index contributed by atoms with van der Waals surface area (Å²) < 4.78 is 0. The third-order valence-electron chi connectivity index (χ3n) is 0.711. The minimum Gasteiger partial charge on any atom is -0.481 e. The Bertz CT molecular complexity index is 124. The van der Waals surface area contributed by atoms with Gasteiger partial charge in [-0.05, 0) is 6.92 Å². The summed E-state index contributed by atoms with van der Waals surface area (Å²) in [5.41, 5.74) is 0. The van der Waals surface area contributed by atoms with Crippen molar-refractivity contribution in [2.24, 2.45) is 0 Å². The van der Waals surface area contributed by atoms with Crippen molar-refractivity contribution < 1.29 is 24.9 Å². The smallest absolute Gasteiger partial charge is 0.481 e. The summed E-state index contributed by atoms with van der Waals surface area (Å²) in [5.74, 6) is -2.62. The molecule has 0 bridgehead atoms. The van der Waals surface area contributed by atoms with Crippen molar-refractivity contribution >= 4 is 35.0 Å². The molecule has 0 fully saturated rings. The van der Waals surface area contributed by atoms with Gasteiger partial charge in [0.1, 0.15) is 6.42 Å². The predicted molar refractivity (Wildman–Crippen MR) is 58.7 cm³/mol. The molecule has 5 nitrogen and oxygen atoms in total. The van der Waals surface area contributed by atoms with E-state index in [1.807, 2.05) is 0 Å². The number of unbranched alkanes of at least 4 members (excludes halogenated alkanes) is 1. The number of carboxylic acid groups (broad SMARTS) is 2. The Morgan fingerprint density at radius 3 is 1.33 bits per heavy atom. The summed E-state index contributed by atoms with van der Waals surface area (Å²) in [4.78, 5) is 18.9. The molecule has 0 unspecified atom stereocenters. The maximum Gasteiger partial charge on any atom is 2.00 e. The SMILES string of the molecule is CCO.C[CH-]CC.O=C(O)CC(=O)O.[Mg+2]. The van der Waals surface area contributed by atoms with E-state index in [2.05, 4.69) is 20.3 Å². The van der Waals surface area contributed by atoms with E-state index in [0.29, 0.717) is 0 Å². The molecule has 15 heavy (non-hydrogen) atoms. The van der Waals surface area contributed by atoms with Gasteiger partial charge in [-0.25, -0.2) is 0 Å². The van der Waals surface area contributed by atoms with Crippen molar-refractivity contribution in [3.05, 3.63) is 6.42 Å². The molecule has 0 aliphatic heterocycles. The monoisotopic (exact) mass is 231 g/mol. The molecule has 0 aromatic rings. The van der Waals surface area contributed by atoms with Crippen LogP contribution >= 0.6 is 0 Å². The van der Waals surface area contributed by atoms with Crippen molar-refractivity contribution in [3.63, 3.8) is 0 Å². The summed E-state index contributed by atoms with van der Waals surface area (Å²) in [5, 5.41) is 23.0. The fourth-order valence-electron chi connectivity index (χ4n) is 0.129. The maximum atomic E-state index is 9.43. The fourth-order valence-corrected chi connectivity index (χ4v) is 0.129. The van der Waals surface area contributed by atoms with Crippen molar-refractivity contribution in [2.45, 2.75) is 33.6 Å². The van der Waals surface area contributed by atoms with Crippen molar-refractivity contribution in [1.29, 1.82) is 0 Å². The molecule has 86 valence electrons. The third kappa shape index (κ3) is 85.4. The molecule has 6 heteroatoms. The van der Waals surface area contributed by atoms with Crippen LogP contribution in [0.15, 0.2) is 0 Å². The van der Waals surface area contributed by atoms with Crippen LogP contribution in [0.1, 0.15) is 33.6 Å². The second kappa shape index (κ2) is 23.5. The standard InChI is InChI=1S/C4H9.C3H4O4.C2H6O.Mg/c1-3-4-2;4-2(5)1-3(6)7;1-2-3;/h3H,4H2,1-2H3;1H2,(H,4,5)(H,6,7);3H,2H2,1H3;/q-1;;;+2. The number of aliphatic hydroxyl groups is 1. The molecule has 0 rings (SSSR count). The van der Waals surface area contributed by atoms with Gasteiger partial charge in [0.2, 0.25) is 0 Å². The van der Waals surface area contributed by atoms with Crippen LogP contribution in [-0.4, -0.2) is 56.9 Å². The molecule has 0 aromatic carbocycles. The molecule has 0 saturated heterocycles. The molecule has 0 saturated carbocycles. The van der Waals surface area contributed by atoms with Gasteiger partial charge in [0.05, 0.1) is 0 Å². The normalized spacial score (nSPS) is 6.93. The van der Waals surface area contributed by atoms with Crippen LogP contribution in [0.3, 0.4) is 0 Å². The number of hydrogen-bond donors (Lipinski definition) is 3. The first-order valence-corrected chi connectivity index (χ1v) is 4.28. The van der Waals surface area contributed by atoms with Gasteiger partial charge in [-0.2, -0.15) is 13.3 Å². The summed E-state index contributed by atoms with van der Waals surface area (Å²) in [6.45, 7) is 6.11. The second-order valence-corrected chi connectivity index (χ2v) is 2.10. The van der Waals surface area contributed by atoms with Crippen LogP contribution in [-0.2, 0) is 9.59 Å². The Balaban J connectivity index is -0.0000000654. The summed E-state index contributed by atoms with van der Waals surface area (Å²) in [7, 11) is 0. The number of aliphatic hydroxyl groups excluding tert-OH is 1. The van der Waals surface area contributed by atoms with Crippen molar-refractivity contribution in [1.82, 2.24) is 0 Å². The van der Waals surface area contributed by atoms with Crippen LogP contribution in [0.25, 0.3) is 0 Å². The summed E-state index contributed by atoms with van der Waals surface area (Å²) >= 11 is 0. The molecule has 0 radical (unpaired) electrons. The van der Waals surface area contributed by atoms with E-state index in [1.165, 1.54) is 6.42 Å². The molecule has 0 aromatic heterocycles. The van der Waals surface area contributed by atoms with Gasteiger partial charge in [-0.3, -0.25) is 9.59 Å². The Hall–Kier alpha value is -0.334. The van der Waals surface area contributed by atoms with Crippen molar-refractivity contribution in [3.8, 4) is 0 Å². The van der Waals surface area contributed by atoms with E-state index in [1.54, 1.807) is 6.92 Å². The van der Waals surface area contributed by atoms with E-state index in [-0.39, 0.29) is 29.7 Å². The molecular formula is C9H19MgO5+. The molecule has 0 heterocycles. The van der Waals surface area contributed by atoms with Crippen LogP contribution in [0.5, 0.6) is 0 Å². The molecular weight excluding hydrogens is 212 g/mol. The first-order valence-electron chi connectivity index (χ1n) is 4.28. The molecule has 3 N–H and O–H groups in total. The molecule has 0 spiro atoms. The van der Waals surface area contributed by atoms with Crippen molar-refractivity contribution in [2.75, 3.05) is 6.61 Å². The molecule has 0 aliphatic carbocycles. The first-order chi connectivity index (χ1) is 6.45. The Labute approximate surface area is 107 Å². The van der Waals surface area contributed by atoms with E-state index < -0.39 is 18.4 Å². The number of rotatable bonds is 3. The zero-order valence-electron chi connectivity index (χ0n) is 9.56. The fraction of sp³-hybridized carbons (Fsp3) is 0.667. The maximum absolute atomic E-state index is 9.43. The van der Waals surface area contributed by atoms with Gasteiger partial charge in [0, 0.05) is 6.61 Å². The van der Waals surface area contributed by atoms with Crippen LogP contribution < -0.4 is 0 Å². The van der Waals surface area contributed by atoms with E-state index in [0.717, 1.165) is 0 Å². The van der Waals surface area contributed by atoms with Gasteiger partial charge < -0.3 is 21.7 Å². The van der Waals surface area contributed by atoms with E-state index in [4.69, 9.17) is 15.3 Å². The van der Waals surface area contributed by atoms with Crippen LogP contribution in [0.4, 0.5) is 0 Å². The zero-order valence-corrected chi connectivity index (χ0v) is 11.0. The van der Waals surface area contributed by atoms with Gasteiger partial charge in [0.15, 0.2) is 0 Å².